The summed E-state index contributed by atoms with van der Waals surface area (Å²) < 4.78 is 5.50. The lowest BCUT2D eigenvalue weighted by molar-refractivity contribution is -0.154. The number of β-lactam (4-membered cyclic amide) rings is 1. The van der Waals surface area contributed by atoms with Crippen LogP contribution in [0.25, 0.3) is 0 Å². The van der Waals surface area contributed by atoms with Crippen LogP contribution in [0, 0.1) is 0 Å². The molecule has 1 N–H and O–H groups in total. The smallest absolute Gasteiger partial charge is 0.231 e. The van der Waals surface area contributed by atoms with Gasteiger partial charge in [0, 0.05) is 11.5 Å². The van der Waals surface area contributed by atoms with Crippen LogP contribution in [0.1, 0.15) is 6.42 Å². The van der Waals surface area contributed by atoms with Gasteiger partial charge in [-0.1, -0.05) is 0 Å². The average Bonchev–Trinajstić information content (AvgIpc) is 2.50. The Balaban J connectivity index is 1.75. The molecule has 2 fully saturated rings. The van der Waals surface area contributed by atoms with Gasteiger partial charge in [0.15, 0.2) is 6.23 Å². The molecule has 0 aromatic heterocycles. The number of aliphatic hydroxyl groups excluding tert-OH is 1. The zero-order valence-electron chi connectivity index (χ0n) is 7.81. The Morgan fingerprint density at radius 3 is 3.21 bits per heavy atom. The van der Waals surface area contributed by atoms with Gasteiger partial charge >= 0.3 is 0 Å². The van der Waals surface area contributed by atoms with Crippen LogP contribution in [0.3, 0.4) is 0 Å². The van der Waals surface area contributed by atoms with E-state index in [2.05, 4.69) is 0 Å². The average molecular weight is 215 g/mol. The lowest BCUT2D eigenvalue weighted by Crippen LogP contribution is -2.48. The Bertz CT molecular complexity index is 267. The zero-order chi connectivity index (χ0) is 9.97. The summed E-state index contributed by atoms with van der Waals surface area (Å²) in [4.78, 5) is 12.8. The van der Waals surface area contributed by atoms with Crippen molar-refractivity contribution >= 4 is 17.7 Å². The first-order valence-electron chi connectivity index (χ1n) is 4.65. The number of ether oxygens (including phenoxy) is 1. The number of hydrogen-bond donors (Lipinski definition) is 1. The Hall–Kier alpha value is -0.680. The summed E-state index contributed by atoms with van der Waals surface area (Å²) in [5.74, 6) is 2.66. The van der Waals surface area contributed by atoms with Crippen LogP contribution in [0.15, 0.2) is 11.8 Å². The predicted octanol–water partition coefficient (Wildman–Crippen LogP) is 0.184. The summed E-state index contributed by atoms with van der Waals surface area (Å²) in [7, 11) is 0. The Morgan fingerprint density at radius 1 is 1.71 bits per heavy atom. The molecule has 2 aliphatic rings. The van der Waals surface area contributed by atoms with Crippen molar-refractivity contribution in [3.05, 3.63) is 11.8 Å². The highest BCUT2D eigenvalue weighted by Crippen LogP contribution is 2.30. The summed E-state index contributed by atoms with van der Waals surface area (Å²) in [5.41, 5.74) is 0. The number of fused-ring (bicyclic) bond motifs is 1. The number of amides is 1. The normalized spacial score (nSPS) is 27.5. The summed E-state index contributed by atoms with van der Waals surface area (Å²) in [5, 5.41) is 8.56. The first-order chi connectivity index (χ1) is 6.81. The van der Waals surface area contributed by atoms with Crippen molar-refractivity contribution in [1.82, 2.24) is 4.90 Å². The maximum atomic E-state index is 11.0. The standard InChI is InChI=1S/C9H13NO3S/c11-2-4-14-3-1-7-6-10-8(12)5-9(10)13-7/h1,9,11H,2-6H2/t9-/m1/s1. The molecule has 78 valence electrons. The summed E-state index contributed by atoms with van der Waals surface area (Å²) in [6, 6.07) is 0. The van der Waals surface area contributed by atoms with Crippen molar-refractivity contribution in [2.45, 2.75) is 12.6 Å². The minimum absolute atomic E-state index is 0.0107. The van der Waals surface area contributed by atoms with E-state index in [1.165, 1.54) is 0 Å². The van der Waals surface area contributed by atoms with E-state index in [4.69, 9.17) is 9.84 Å². The van der Waals surface area contributed by atoms with Crippen molar-refractivity contribution < 1.29 is 14.6 Å². The van der Waals surface area contributed by atoms with Gasteiger partial charge in [0.25, 0.3) is 0 Å². The molecule has 2 rings (SSSR count). The van der Waals surface area contributed by atoms with Crippen molar-refractivity contribution in [2.24, 2.45) is 0 Å². The Kier molecular flexibility index (Phi) is 2.98. The highest BCUT2D eigenvalue weighted by atomic mass is 32.2. The van der Waals surface area contributed by atoms with Gasteiger partial charge in [0.2, 0.25) is 5.91 Å². The highest BCUT2D eigenvalue weighted by molar-refractivity contribution is 7.99. The Labute approximate surface area is 86.9 Å². The second kappa shape index (κ2) is 4.23. The van der Waals surface area contributed by atoms with E-state index in [1.807, 2.05) is 6.08 Å². The molecule has 0 saturated carbocycles. The predicted molar refractivity (Wildman–Crippen MR) is 53.7 cm³/mol. The molecular weight excluding hydrogens is 202 g/mol. The van der Waals surface area contributed by atoms with Crippen LogP contribution in [-0.2, 0) is 9.53 Å². The number of hydrogen-bond acceptors (Lipinski definition) is 4. The highest BCUT2D eigenvalue weighted by Gasteiger charge is 2.43. The third-order valence-electron chi connectivity index (χ3n) is 2.30. The lowest BCUT2D eigenvalue weighted by Gasteiger charge is -2.30. The molecule has 0 aromatic rings. The molecule has 0 bridgehead atoms. The lowest BCUT2D eigenvalue weighted by atomic mass is 10.2. The first-order valence-corrected chi connectivity index (χ1v) is 5.80. The molecule has 4 nitrogen and oxygen atoms in total. The second-order valence-electron chi connectivity index (χ2n) is 3.27. The van der Waals surface area contributed by atoms with Crippen molar-refractivity contribution in [3.8, 4) is 0 Å². The number of carbonyl (C=O) groups is 1. The number of aliphatic hydroxyl groups is 1. The van der Waals surface area contributed by atoms with Gasteiger partial charge in [0.1, 0.15) is 5.76 Å². The number of rotatable bonds is 4. The molecule has 5 heteroatoms. The van der Waals surface area contributed by atoms with Gasteiger partial charge < -0.3 is 9.84 Å². The van der Waals surface area contributed by atoms with Gasteiger partial charge in [-0.2, -0.15) is 11.8 Å². The number of thioether (sulfide) groups is 1. The molecule has 0 aliphatic carbocycles. The van der Waals surface area contributed by atoms with Crippen LogP contribution in [0.5, 0.6) is 0 Å². The summed E-state index contributed by atoms with van der Waals surface area (Å²) in [6.07, 6.45) is 2.53. The molecule has 2 aliphatic heterocycles. The number of nitrogens with zero attached hydrogens (tertiary/aromatic N) is 1. The van der Waals surface area contributed by atoms with E-state index in [-0.39, 0.29) is 18.7 Å². The summed E-state index contributed by atoms with van der Waals surface area (Å²) in [6.45, 7) is 0.838. The van der Waals surface area contributed by atoms with E-state index >= 15 is 0 Å². The van der Waals surface area contributed by atoms with Crippen molar-refractivity contribution in [2.75, 3.05) is 24.7 Å². The van der Waals surface area contributed by atoms with Crippen LogP contribution >= 0.6 is 11.8 Å². The van der Waals surface area contributed by atoms with Gasteiger partial charge in [-0.15, -0.1) is 0 Å². The fourth-order valence-electron chi connectivity index (χ4n) is 1.51. The van der Waals surface area contributed by atoms with Crippen molar-refractivity contribution in [3.63, 3.8) is 0 Å². The van der Waals surface area contributed by atoms with E-state index in [0.717, 1.165) is 17.3 Å². The van der Waals surface area contributed by atoms with Crippen LogP contribution in [0.4, 0.5) is 0 Å². The van der Waals surface area contributed by atoms with Gasteiger partial charge in [-0.05, 0) is 6.08 Å². The van der Waals surface area contributed by atoms with E-state index in [0.29, 0.717) is 13.0 Å². The molecule has 2 saturated heterocycles. The maximum absolute atomic E-state index is 11.0. The van der Waals surface area contributed by atoms with E-state index < -0.39 is 0 Å². The fraction of sp³-hybridized carbons (Fsp3) is 0.667. The van der Waals surface area contributed by atoms with Gasteiger partial charge in [-0.25, -0.2) is 0 Å². The molecule has 0 unspecified atom stereocenters. The van der Waals surface area contributed by atoms with Crippen LogP contribution in [-0.4, -0.2) is 46.8 Å². The van der Waals surface area contributed by atoms with Crippen LogP contribution in [0.2, 0.25) is 0 Å². The molecule has 0 radical (unpaired) electrons. The molecule has 0 spiro atoms. The third kappa shape index (κ3) is 1.88. The second-order valence-corrected chi connectivity index (χ2v) is 4.42. The van der Waals surface area contributed by atoms with Gasteiger partial charge in [-0.3, -0.25) is 9.69 Å². The first kappa shape index (κ1) is 9.86. The Morgan fingerprint density at radius 2 is 2.57 bits per heavy atom. The largest absolute Gasteiger partial charge is 0.473 e. The summed E-state index contributed by atoms with van der Waals surface area (Å²) >= 11 is 1.65. The SMILES string of the molecule is O=C1C[C@H]2OC(=CCSCCO)CN12. The topological polar surface area (TPSA) is 49.8 Å². The molecule has 14 heavy (non-hydrogen) atoms. The molecule has 0 aromatic carbocycles. The maximum Gasteiger partial charge on any atom is 0.231 e. The molecule has 1 amide bonds. The molecular formula is C9H13NO3S. The number of carbonyl (C=O) groups excluding carboxylic acids is 1. The zero-order valence-corrected chi connectivity index (χ0v) is 8.63. The van der Waals surface area contributed by atoms with E-state index in [1.54, 1.807) is 16.7 Å². The van der Waals surface area contributed by atoms with E-state index in [9.17, 15) is 4.79 Å². The monoisotopic (exact) mass is 215 g/mol. The minimum Gasteiger partial charge on any atom is -0.473 e. The molecule has 1 atom stereocenters. The molecule has 2 heterocycles. The quantitative estimate of drug-likeness (QED) is 0.537. The minimum atomic E-state index is 0.0107. The van der Waals surface area contributed by atoms with Gasteiger partial charge in [0.05, 0.1) is 19.6 Å². The third-order valence-corrected chi connectivity index (χ3v) is 3.17. The van der Waals surface area contributed by atoms with Crippen molar-refractivity contribution in [1.29, 1.82) is 0 Å². The van der Waals surface area contributed by atoms with Crippen LogP contribution < -0.4 is 0 Å². The fourth-order valence-corrected chi connectivity index (χ4v) is 2.11.